The first-order valence-corrected chi connectivity index (χ1v) is 9.16. The second-order valence-electron chi connectivity index (χ2n) is 5.36. The SMILES string of the molecule is CCCNC(=O)C(C)NC(=O)c1csc(COc2ccc(Cl)cc2)n1. The number of nitrogens with zero attached hydrogens (tertiary/aromatic N) is 1. The van der Waals surface area contributed by atoms with Crippen LogP contribution in [-0.2, 0) is 11.4 Å². The summed E-state index contributed by atoms with van der Waals surface area (Å²) in [6.07, 6.45) is 0.843. The highest BCUT2D eigenvalue weighted by Crippen LogP contribution is 2.18. The van der Waals surface area contributed by atoms with Crippen molar-refractivity contribution in [3.63, 3.8) is 0 Å². The number of thiazole rings is 1. The van der Waals surface area contributed by atoms with E-state index in [4.69, 9.17) is 16.3 Å². The molecule has 0 aliphatic rings. The number of carbonyl (C=O) groups is 2. The Kier molecular flexibility index (Phi) is 7.21. The maximum Gasteiger partial charge on any atom is 0.271 e. The molecule has 25 heavy (non-hydrogen) atoms. The quantitative estimate of drug-likeness (QED) is 0.736. The van der Waals surface area contributed by atoms with E-state index in [9.17, 15) is 9.59 Å². The van der Waals surface area contributed by atoms with Crippen LogP contribution in [0, 0.1) is 0 Å². The van der Waals surface area contributed by atoms with Gasteiger partial charge in [-0.1, -0.05) is 18.5 Å². The molecule has 134 valence electrons. The summed E-state index contributed by atoms with van der Waals surface area (Å²) in [7, 11) is 0. The van der Waals surface area contributed by atoms with Gasteiger partial charge in [-0.15, -0.1) is 11.3 Å². The molecule has 0 saturated heterocycles. The van der Waals surface area contributed by atoms with E-state index in [0.29, 0.717) is 22.3 Å². The van der Waals surface area contributed by atoms with Gasteiger partial charge in [0, 0.05) is 16.9 Å². The molecular formula is C17H20ClN3O3S. The first-order chi connectivity index (χ1) is 12.0. The monoisotopic (exact) mass is 381 g/mol. The van der Waals surface area contributed by atoms with E-state index < -0.39 is 6.04 Å². The largest absolute Gasteiger partial charge is 0.486 e. The third-order valence-corrected chi connectivity index (χ3v) is 4.32. The summed E-state index contributed by atoms with van der Waals surface area (Å²) in [5, 5.41) is 8.32. The van der Waals surface area contributed by atoms with Gasteiger partial charge in [-0.3, -0.25) is 9.59 Å². The number of halogens is 1. The summed E-state index contributed by atoms with van der Waals surface area (Å²) in [4.78, 5) is 28.2. The number of hydrogen-bond acceptors (Lipinski definition) is 5. The van der Waals surface area contributed by atoms with Gasteiger partial charge in [-0.05, 0) is 37.6 Å². The van der Waals surface area contributed by atoms with Gasteiger partial charge in [0.25, 0.3) is 5.91 Å². The lowest BCUT2D eigenvalue weighted by atomic mass is 10.3. The molecule has 1 atom stereocenters. The molecule has 2 aromatic rings. The van der Waals surface area contributed by atoms with Gasteiger partial charge in [0.2, 0.25) is 5.91 Å². The van der Waals surface area contributed by atoms with Gasteiger partial charge < -0.3 is 15.4 Å². The van der Waals surface area contributed by atoms with Crippen LogP contribution in [0.5, 0.6) is 5.75 Å². The van der Waals surface area contributed by atoms with Gasteiger partial charge >= 0.3 is 0 Å². The number of hydrogen-bond donors (Lipinski definition) is 2. The van der Waals surface area contributed by atoms with Gasteiger partial charge in [0.15, 0.2) is 0 Å². The Bertz CT molecular complexity index is 718. The topological polar surface area (TPSA) is 80.3 Å². The molecule has 0 spiro atoms. The van der Waals surface area contributed by atoms with Crippen LogP contribution in [0.2, 0.25) is 5.02 Å². The van der Waals surface area contributed by atoms with E-state index >= 15 is 0 Å². The molecule has 6 nitrogen and oxygen atoms in total. The van der Waals surface area contributed by atoms with Gasteiger partial charge in [0.1, 0.15) is 29.1 Å². The van der Waals surface area contributed by atoms with E-state index in [1.807, 2.05) is 6.92 Å². The molecule has 1 aromatic heterocycles. The number of carbonyl (C=O) groups excluding carboxylic acids is 2. The van der Waals surface area contributed by atoms with Crippen molar-refractivity contribution in [2.45, 2.75) is 32.9 Å². The average molecular weight is 382 g/mol. The summed E-state index contributed by atoms with van der Waals surface area (Å²) in [6.45, 7) is 4.44. The number of nitrogens with one attached hydrogen (secondary N) is 2. The summed E-state index contributed by atoms with van der Waals surface area (Å²) in [5.74, 6) is 0.0803. The average Bonchev–Trinajstić information content (AvgIpc) is 3.08. The van der Waals surface area contributed by atoms with Crippen molar-refractivity contribution in [1.29, 1.82) is 0 Å². The predicted molar refractivity (Wildman–Crippen MR) is 98.1 cm³/mol. The molecule has 2 amide bonds. The molecule has 0 saturated carbocycles. The Morgan fingerprint density at radius 2 is 2.04 bits per heavy atom. The highest BCUT2D eigenvalue weighted by Gasteiger charge is 2.18. The molecule has 0 aliphatic carbocycles. The maximum atomic E-state index is 12.2. The van der Waals surface area contributed by atoms with E-state index in [2.05, 4.69) is 15.6 Å². The number of amides is 2. The summed E-state index contributed by atoms with van der Waals surface area (Å²) < 4.78 is 5.60. The smallest absolute Gasteiger partial charge is 0.271 e. The van der Waals surface area contributed by atoms with Crippen molar-refractivity contribution in [2.75, 3.05) is 6.54 Å². The van der Waals surface area contributed by atoms with Crippen molar-refractivity contribution in [3.8, 4) is 5.75 Å². The van der Waals surface area contributed by atoms with Gasteiger partial charge in [-0.2, -0.15) is 0 Å². The molecular weight excluding hydrogens is 362 g/mol. The van der Waals surface area contributed by atoms with E-state index in [0.717, 1.165) is 6.42 Å². The van der Waals surface area contributed by atoms with Crippen LogP contribution in [0.4, 0.5) is 0 Å². The third-order valence-electron chi connectivity index (χ3n) is 3.25. The van der Waals surface area contributed by atoms with Crippen LogP contribution < -0.4 is 15.4 Å². The standard InChI is InChI=1S/C17H20ClN3O3S/c1-3-8-19-16(22)11(2)20-17(23)14-10-25-15(21-14)9-24-13-6-4-12(18)5-7-13/h4-7,10-11H,3,8-9H2,1-2H3,(H,19,22)(H,20,23). The second kappa shape index (κ2) is 9.39. The summed E-state index contributed by atoms with van der Waals surface area (Å²) >= 11 is 7.15. The number of aromatic nitrogens is 1. The van der Waals surface area contributed by atoms with E-state index in [-0.39, 0.29) is 24.1 Å². The highest BCUT2D eigenvalue weighted by molar-refractivity contribution is 7.09. The van der Waals surface area contributed by atoms with Crippen molar-refractivity contribution in [3.05, 3.63) is 45.4 Å². The lowest BCUT2D eigenvalue weighted by molar-refractivity contribution is -0.122. The lowest BCUT2D eigenvalue weighted by Crippen LogP contribution is -2.45. The Labute approximate surface area is 155 Å². The molecule has 2 rings (SSSR count). The molecule has 2 N–H and O–H groups in total. The summed E-state index contributed by atoms with van der Waals surface area (Å²) in [6, 6.07) is 6.39. The highest BCUT2D eigenvalue weighted by atomic mass is 35.5. The van der Waals surface area contributed by atoms with Crippen LogP contribution in [0.3, 0.4) is 0 Å². The minimum atomic E-state index is -0.616. The first-order valence-electron chi connectivity index (χ1n) is 7.91. The molecule has 1 unspecified atom stereocenters. The van der Waals surface area contributed by atoms with Crippen LogP contribution in [0.25, 0.3) is 0 Å². The molecule has 8 heteroatoms. The number of benzene rings is 1. The molecule has 1 aromatic carbocycles. The zero-order valence-corrected chi connectivity index (χ0v) is 15.6. The normalized spacial score (nSPS) is 11.6. The Morgan fingerprint density at radius 1 is 1.32 bits per heavy atom. The second-order valence-corrected chi connectivity index (χ2v) is 6.73. The Morgan fingerprint density at radius 3 is 2.72 bits per heavy atom. The fourth-order valence-electron chi connectivity index (χ4n) is 1.89. The van der Waals surface area contributed by atoms with Crippen LogP contribution in [0.15, 0.2) is 29.6 Å². The van der Waals surface area contributed by atoms with Crippen LogP contribution in [-0.4, -0.2) is 29.4 Å². The Hall–Kier alpha value is -2.12. The van der Waals surface area contributed by atoms with Crippen molar-refractivity contribution in [2.24, 2.45) is 0 Å². The predicted octanol–water partition coefficient (Wildman–Crippen LogP) is 3.02. The molecule has 0 bridgehead atoms. The maximum absolute atomic E-state index is 12.2. The van der Waals surface area contributed by atoms with Crippen LogP contribution >= 0.6 is 22.9 Å². The van der Waals surface area contributed by atoms with E-state index in [1.54, 1.807) is 36.6 Å². The van der Waals surface area contributed by atoms with E-state index in [1.165, 1.54) is 11.3 Å². The minimum Gasteiger partial charge on any atom is -0.486 e. The first kappa shape index (κ1) is 19.2. The molecule has 0 fully saturated rings. The van der Waals surface area contributed by atoms with Crippen LogP contribution in [0.1, 0.15) is 35.8 Å². The number of ether oxygens (including phenoxy) is 1. The summed E-state index contributed by atoms with van der Waals surface area (Å²) in [5.41, 5.74) is 0.273. The lowest BCUT2D eigenvalue weighted by Gasteiger charge is -2.12. The minimum absolute atomic E-state index is 0.211. The van der Waals surface area contributed by atoms with Gasteiger partial charge in [0.05, 0.1) is 0 Å². The van der Waals surface area contributed by atoms with Gasteiger partial charge in [-0.25, -0.2) is 4.98 Å². The zero-order chi connectivity index (χ0) is 18.2. The molecule has 0 radical (unpaired) electrons. The molecule has 1 heterocycles. The van der Waals surface area contributed by atoms with Crippen molar-refractivity contribution in [1.82, 2.24) is 15.6 Å². The zero-order valence-electron chi connectivity index (χ0n) is 14.0. The van der Waals surface area contributed by atoms with Crippen molar-refractivity contribution >= 4 is 34.8 Å². The third kappa shape index (κ3) is 6.03. The molecule has 0 aliphatic heterocycles. The fraction of sp³-hybridized carbons (Fsp3) is 0.353. The Balaban J connectivity index is 1.86. The van der Waals surface area contributed by atoms with Crippen molar-refractivity contribution < 1.29 is 14.3 Å². The number of rotatable bonds is 8. The fourth-order valence-corrected chi connectivity index (χ4v) is 2.71.